The van der Waals surface area contributed by atoms with E-state index in [1.54, 1.807) is 26.1 Å². The highest BCUT2D eigenvalue weighted by Crippen LogP contribution is 2.40. The molecule has 0 bridgehead atoms. The molecule has 1 fully saturated rings. The number of nitrogens with one attached hydrogen (secondary N) is 1. The molecule has 0 aromatic carbocycles. The van der Waals surface area contributed by atoms with Crippen LogP contribution >= 0.6 is 11.6 Å². The second-order valence-corrected chi connectivity index (χ2v) is 6.46. The fourth-order valence-corrected chi connectivity index (χ4v) is 2.65. The first kappa shape index (κ1) is 15.6. The highest BCUT2D eigenvalue weighted by Gasteiger charge is 2.43. The lowest BCUT2D eigenvalue weighted by molar-refractivity contribution is -0.146. The van der Waals surface area contributed by atoms with E-state index < -0.39 is 28.3 Å². The summed E-state index contributed by atoms with van der Waals surface area (Å²) in [5.74, 6) is -0.886. The van der Waals surface area contributed by atoms with E-state index in [9.17, 15) is 8.42 Å². The van der Waals surface area contributed by atoms with Gasteiger partial charge in [0.2, 0.25) is 0 Å². The first-order chi connectivity index (χ1) is 9.18. The topological polar surface area (TPSA) is 97.8 Å². The molecule has 2 rings (SSSR count). The van der Waals surface area contributed by atoms with Crippen LogP contribution in [-0.2, 0) is 19.8 Å². The van der Waals surface area contributed by atoms with Crippen LogP contribution in [0.4, 0.5) is 0 Å². The quantitative estimate of drug-likeness (QED) is 0.811. The van der Waals surface area contributed by atoms with E-state index in [0.29, 0.717) is 10.6 Å². The van der Waals surface area contributed by atoms with E-state index in [1.165, 1.54) is 6.20 Å². The highest BCUT2D eigenvalue weighted by atomic mass is 35.5. The summed E-state index contributed by atoms with van der Waals surface area (Å²) in [6.07, 6.45) is 1.85. The van der Waals surface area contributed by atoms with Crippen molar-refractivity contribution in [1.82, 2.24) is 9.71 Å². The third-order valence-electron chi connectivity index (χ3n) is 2.76. The standard InChI is InChI=1S/C11H15ClN2O5S/c1-11(2)18-9(6-14-20(15,16)17)10(19-11)7-3-4-13-5-8(7)12/h3-5,9-10,14H,6H2,1-2H3,(H,15,16,17). The van der Waals surface area contributed by atoms with Gasteiger partial charge in [-0.25, -0.2) is 0 Å². The number of nitrogens with zero attached hydrogens (tertiary/aromatic N) is 1. The van der Waals surface area contributed by atoms with Gasteiger partial charge in [0.05, 0.1) is 5.02 Å². The molecule has 1 aromatic heterocycles. The Morgan fingerprint density at radius 1 is 1.50 bits per heavy atom. The zero-order valence-corrected chi connectivity index (χ0v) is 12.5. The van der Waals surface area contributed by atoms with Gasteiger partial charge in [0.15, 0.2) is 5.79 Å². The zero-order chi connectivity index (χ0) is 15.0. The molecule has 1 aromatic rings. The Kier molecular flexibility index (Phi) is 4.33. The summed E-state index contributed by atoms with van der Waals surface area (Å²) in [6.45, 7) is 3.29. The maximum absolute atomic E-state index is 10.8. The largest absolute Gasteiger partial charge is 0.343 e. The van der Waals surface area contributed by atoms with Crippen molar-refractivity contribution in [1.29, 1.82) is 0 Å². The van der Waals surface area contributed by atoms with Gasteiger partial charge in [-0.1, -0.05) is 11.6 Å². The van der Waals surface area contributed by atoms with Crippen LogP contribution < -0.4 is 4.72 Å². The Hall–Kier alpha value is -0.770. The number of rotatable bonds is 4. The van der Waals surface area contributed by atoms with E-state index in [1.807, 2.05) is 4.72 Å². The first-order valence-corrected chi connectivity index (χ1v) is 7.67. The van der Waals surface area contributed by atoms with Crippen LogP contribution in [0.25, 0.3) is 0 Å². The van der Waals surface area contributed by atoms with Gasteiger partial charge in [0.25, 0.3) is 0 Å². The summed E-state index contributed by atoms with van der Waals surface area (Å²) in [6, 6.07) is 1.68. The molecule has 2 heterocycles. The van der Waals surface area contributed by atoms with Crippen molar-refractivity contribution in [2.45, 2.75) is 31.8 Å². The fraction of sp³-hybridized carbons (Fsp3) is 0.545. The van der Waals surface area contributed by atoms with Gasteiger partial charge < -0.3 is 9.47 Å². The SMILES string of the molecule is CC1(C)OC(CNS(=O)(=O)O)C(c2ccncc2Cl)O1. The number of ether oxygens (including phenoxy) is 2. The minimum Gasteiger partial charge on any atom is -0.343 e. The predicted molar refractivity (Wildman–Crippen MR) is 71.6 cm³/mol. The second-order valence-electron chi connectivity index (χ2n) is 4.82. The van der Waals surface area contributed by atoms with Crippen LogP contribution in [0.2, 0.25) is 5.02 Å². The van der Waals surface area contributed by atoms with Crippen LogP contribution in [0.1, 0.15) is 25.5 Å². The fourth-order valence-electron chi connectivity index (χ4n) is 2.05. The maximum Gasteiger partial charge on any atom is 0.333 e. The molecule has 2 atom stereocenters. The molecule has 0 spiro atoms. The Labute approximate surface area is 122 Å². The number of aromatic nitrogens is 1. The van der Waals surface area contributed by atoms with Gasteiger partial charge in [-0.05, 0) is 19.9 Å². The minimum atomic E-state index is -4.30. The van der Waals surface area contributed by atoms with E-state index in [-0.39, 0.29) is 6.54 Å². The lowest BCUT2D eigenvalue weighted by Crippen LogP contribution is -2.35. The molecule has 7 nitrogen and oxygen atoms in total. The highest BCUT2D eigenvalue weighted by molar-refractivity contribution is 7.83. The zero-order valence-electron chi connectivity index (χ0n) is 10.9. The molecule has 0 aliphatic carbocycles. The van der Waals surface area contributed by atoms with E-state index in [0.717, 1.165) is 0 Å². The van der Waals surface area contributed by atoms with Crippen LogP contribution in [0.5, 0.6) is 0 Å². The Morgan fingerprint density at radius 3 is 2.80 bits per heavy atom. The monoisotopic (exact) mass is 322 g/mol. The van der Waals surface area contributed by atoms with Crippen LogP contribution in [-0.4, -0.2) is 36.4 Å². The van der Waals surface area contributed by atoms with Crippen LogP contribution in [0, 0.1) is 0 Å². The average molecular weight is 323 g/mol. The van der Waals surface area contributed by atoms with E-state index in [2.05, 4.69) is 4.98 Å². The van der Waals surface area contributed by atoms with Crippen molar-refractivity contribution in [2.75, 3.05) is 6.54 Å². The van der Waals surface area contributed by atoms with Gasteiger partial charge in [-0.2, -0.15) is 13.1 Å². The van der Waals surface area contributed by atoms with Gasteiger partial charge in [0, 0.05) is 24.5 Å². The van der Waals surface area contributed by atoms with Gasteiger partial charge in [-0.15, -0.1) is 0 Å². The first-order valence-electron chi connectivity index (χ1n) is 5.85. The summed E-state index contributed by atoms with van der Waals surface area (Å²) >= 11 is 6.07. The van der Waals surface area contributed by atoms with Crippen molar-refractivity contribution in [3.8, 4) is 0 Å². The van der Waals surface area contributed by atoms with Crippen molar-refractivity contribution < 1.29 is 22.4 Å². The lowest BCUT2D eigenvalue weighted by atomic mass is 10.1. The van der Waals surface area contributed by atoms with Gasteiger partial charge >= 0.3 is 10.3 Å². The summed E-state index contributed by atoms with van der Waals surface area (Å²) in [7, 11) is -4.30. The summed E-state index contributed by atoms with van der Waals surface area (Å²) in [5.41, 5.74) is 0.648. The van der Waals surface area contributed by atoms with Gasteiger partial charge in [-0.3, -0.25) is 9.54 Å². The molecule has 112 valence electrons. The third kappa shape index (κ3) is 3.87. The minimum absolute atomic E-state index is 0.133. The molecule has 2 N–H and O–H groups in total. The molecule has 9 heteroatoms. The van der Waals surface area contributed by atoms with Gasteiger partial charge in [0.1, 0.15) is 12.2 Å². The normalized spacial score (nSPS) is 25.8. The summed E-state index contributed by atoms with van der Waals surface area (Å²) < 4.78 is 43.6. The number of hydrogen-bond acceptors (Lipinski definition) is 5. The van der Waals surface area contributed by atoms with Crippen molar-refractivity contribution in [3.05, 3.63) is 29.0 Å². The van der Waals surface area contributed by atoms with E-state index in [4.69, 9.17) is 25.6 Å². The summed E-state index contributed by atoms with van der Waals surface area (Å²) in [4.78, 5) is 3.88. The van der Waals surface area contributed by atoms with E-state index >= 15 is 0 Å². The molecule has 0 amide bonds. The second kappa shape index (κ2) is 5.55. The Bertz CT molecular complexity index is 592. The molecule has 1 aliphatic heterocycles. The Morgan fingerprint density at radius 2 is 2.20 bits per heavy atom. The number of pyridine rings is 1. The van der Waals surface area contributed by atoms with Crippen LogP contribution in [0.15, 0.2) is 18.5 Å². The molecular formula is C11H15ClN2O5S. The van der Waals surface area contributed by atoms with Crippen molar-refractivity contribution in [3.63, 3.8) is 0 Å². The third-order valence-corrected chi connectivity index (χ3v) is 3.61. The molecule has 1 aliphatic rings. The lowest BCUT2D eigenvalue weighted by Gasteiger charge is -2.17. The van der Waals surface area contributed by atoms with Crippen molar-refractivity contribution in [2.24, 2.45) is 0 Å². The Balaban J connectivity index is 2.23. The average Bonchev–Trinajstić information content (AvgIpc) is 2.62. The maximum atomic E-state index is 10.8. The van der Waals surface area contributed by atoms with Crippen molar-refractivity contribution >= 4 is 21.9 Å². The molecule has 20 heavy (non-hydrogen) atoms. The molecule has 1 saturated heterocycles. The molecule has 0 saturated carbocycles. The van der Waals surface area contributed by atoms with Crippen LogP contribution in [0.3, 0.4) is 0 Å². The molecular weight excluding hydrogens is 308 g/mol. The molecule has 0 radical (unpaired) electrons. The smallest absolute Gasteiger partial charge is 0.333 e. The number of hydrogen-bond donors (Lipinski definition) is 2. The number of halogens is 1. The predicted octanol–water partition coefficient (Wildman–Crippen LogP) is 1.32. The summed E-state index contributed by atoms with van der Waals surface area (Å²) in [5, 5.41) is 0.399. The molecule has 2 unspecified atom stereocenters.